The number of rotatable bonds is 2. The summed E-state index contributed by atoms with van der Waals surface area (Å²) < 4.78 is 0. The van der Waals surface area contributed by atoms with Crippen LogP contribution >= 0.6 is 15.3 Å². The fraction of sp³-hybridized carbons (Fsp3) is 0.714. The van der Waals surface area contributed by atoms with Crippen LogP contribution in [-0.4, -0.2) is 29.6 Å². The minimum atomic E-state index is -1.55. The molecule has 0 atom stereocenters. The first-order valence-electron chi connectivity index (χ1n) is 3.71. The van der Waals surface area contributed by atoms with E-state index in [4.69, 9.17) is 0 Å². The maximum absolute atomic E-state index is 11.0. The molecule has 0 N–H and O–H groups in total. The standard InChI is InChI=1S/C7H14BrNO2Si/c1-6(10)9(7(2)11)5-12(3,4)8/h5H2,1-4H3. The topological polar surface area (TPSA) is 37.4 Å². The van der Waals surface area contributed by atoms with E-state index in [1.165, 1.54) is 18.7 Å². The number of carbonyl (C=O) groups is 2. The monoisotopic (exact) mass is 251 g/mol. The van der Waals surface area contributed by atoms with Crippen LogP contribution in [0.3, 0.4) is 0 Å². The van der Waals surface area contributed by atoms with Gasteiger partial charge in [0.2, 0.25) is 11.8 Å². The molecule has 0 radical (unpaired) electrons. The summed E-state index contributed by atoms with van der Waals surface area (Å²) in [6, 6.07) is 0. The lowest BCUT2D eigenvalue weighted by molar-refractivity contribution is -0.141. The highest BCUT2D eigenvalue weighted by Crippen LogP contribution is 2.12. The quantitative estimate of drug-likeness (QED) is 0.552. The summed E-state index contributed by atoms with van der Waals surface area (Å²) >= 11 is 3.51. The van der Waals surface area contributed by atoms with E-state index in [0.29, 0.717) is 6.17 Å². The van der Waals surface area contributed by atoms with Crippen molar-refractivity contribution in [3.8, 4) is 0 Å². The van der Waals surface area contributed by atoms with Gasteiger partial charge in [-0.25, -0.2) is 0 Å². The van der Waals surface area contributed by atoms with E-state index < -0.39 is 6.69 Å². The highest BCUT2D eigenvalue weighted by atomic mass is 79.9. The van der Waals surface area contributed by atoms with Gasteiger partial charge in [-0.15, -0.1) is 15.3 Å². The summed E-state index contributed by atoms with van der Waals surface area (Å²) in [6.07, 6.45) is 0.539. The lowest BCUT2D eigenvalue weighted by Crippen LogP contribution is -2.43. The van der Waals surface area contributed by atoms with Crippen molar-refractivity contribution in [3.63, 3.8) is 0 Å². The van der Waals surface area contributed by atoms with Crippen LogP contribution < -0.4 is 0 Å². The third kappa shape index (κ3) is 4.66. The van der Waals surface area contributed by atoms with Crippen molar-refractivity contribution in [2.24, 2.45) is 0 Å². The van der Waals surface area contributed by atoms with Crippen LogP contribution in [0.2, 0.25) is 13.1 Å². The Hall–Kier alpha value is -0.163. The lowest BCUT2D eigenvalue weighted by Gasteiger charge is -2.23. The molecule has 0 saturated heterocycles. The van der Waals surface area contributed by atoms with Crippen LogP contribution in [0.15, 0.2) is 0 Å². The van der Waals surface area contributed by atoms with Crippen molar-refractivity contribution in [3.05, 3.63) is 0 Å². The highest BCUT2D eigenvalue weighted by molar-refractivity contribution is 9.26. The van der Waals surface area contributed by atoms with E-state index in [0.717, 1.165) is 0 Å². The molecule has 0 aliphatic carbocycles. The maximum atomic E-state index is 11.0. The van der Waals surface area contributed by atoms with Crippen LogP contribution in [0.5, 0.6) is 0 Å². The van der Waals surface area contributed by atoms with E-state index >= 15 is 0 Å². The Labute approximate surface area is 81.7 Å². The first-order chi connectivity index (χ1) is 5.24. The summed E-state index contributed by atoms with van der Waals surface area (Å²) in [7, 11) is 0. The van der Waals surface area contributed by atoms with Crippen LogP contribution in [0.1, 0.15) is 13.8 Å². The van der Waals surface area contributed by atoms with Crippen molar-refractivity contribution in [2.75, 3.05) is 6.17 Å². The first kappa shape index (κ1) is 11.8. The zero-order valence-electron chi connectivity index (χ0n) is 7.85. The second-order valence-corrected chi connectivity index (χ2v) is 13.5. The van der Waals surface area contributed by atoms with Gasteiger partial charge < -0.3 is 0 Å². The molecule has 0 fully saturated rings. The van der Waals surface area contributed by atoms with Gasteiger partial charge in [0.05, 0.1) is 0 Å². The molecular weight excluding hydrogens is 238 g/mol. The smallest absolute Gasteiger partial charge is 0.225 e. The molecule has 0 bridgehead atoms. The Morgan fingerprint density at radius 2 is 1.58 bits per heavy atom. The molecule has 0 rings (SSSR count). The number of nitrogens with zero attached hydrogens (tertiary/aromatic N) is 1. The minimum Gasteiger partial charge on any atom is -0.285 e. The van der Waals surface area contributed by atoms with Crippen molar-refractivity contribution in [1.82, 2.24) is 4.90 Å². The normalized spacial score (nSPS) is 11.1. The van der Waals surface area contributed by atoms with Gasteiger partial charge in [0.1, 0.15) is 6.69 Å². The molecule has 5 heteroatoms. The van der Waals surface area contributed by atoms with E-state index in [2.05, 4.69) is 15.3 Å². The third-order valence-corrected chi connectivity index (χ3v) is 3.11. The molecule has 0 aromatic carbocycles. The van der Waals surface area contributed by atoms with Crippen LogP contribution in [0, 0.1) is 0 Å². The van der Waals surface area contributed by atoms with E-state index in [-0.39, 0.29) is 11.8 Å². The number of carbonyl (C=O) groups excluding carboxylic acids is 2. The molecule has 0 spiro atoms. The Morgan fingerprint density at radius 1 is 1.25 bits per heavy atom. The molecule has 0 aromatic rings. The molecule has 0 aromatic heterocycles. The van der Waals surface area contributed by atoms with Gasteiger partial charge in [-0.1, -0.05) is 13.1 Å². The molecule has 12 heavy (non-hydrogen) atoms. The van der Waals surface area contributed by atoms with Crippen molar-refractivity contribution < 1.29 is 9.59 Å². The van der Waals surface area contributed by atoms with Gasteiger partial charge in [0, 0.05) is 20.0 Å². The molecule has 0 aliphatic rings. The van der Waals surface area contributed by atoms with E-state index in [1.54, 1.807) is 0 Å². The van der Waals surface area contributed by atoms with Crippen LogP contribution in [0.4, 0.5) is 0 Å². The third-order valence-electron chi connectivity index (χ3n) is 1.29. The number of hydrogen-bond acceptors (Lipinski definition) is 2. The van der Waals surface area contributed by atoms with Gasteiger partial charge in [0.15, 0.2) is 0 Å². The number of halogens is 1. The average molecular weight is 252 g/mol. The summed E-state index contributed by atoms with van der Waals surface area (Å²) in [6.45, 7) is 5.37. The van der Waals surface area contributed by atoms with Gasteiger partial charge in [-0.2, -0.15) is 0 Å². The SMILES string of the molecule is CC(=O)N(C[Si](C)(C)Br)C(C)=O. The molecule has 3 nitrogen and oxygen atoms in total. The largest absolute Gasteiger partial charge is 0.285 e. The van der Waals surface area contributed by atoms with E-state index in [1.807, 2.05) is 13.1 Å². The predicted octanol–water partition coefficient (Wildman–Crippen LogP) is 1.52. The Morgan fingerprint density at radius 3 is 1.67 bits per heavy atom. The summed E-state index contributed by atoms with van der Waals surface area (Å²) in [5.74, 6) is -0.356. The highest BCUT2D eigenvalue weighted by Gasteiger charge is 2.24. The van der Waals surface area contributed by atoms with Gasteiger partial charge >= 0.3 is 0 Å². The van der Waals surface area contributed by atoms with Gasteiger partial charge in [-0.05, 0) is 0 Å². The van der Waals surface area contributed by atoms with Crippen molar-refractivity contribution in [2.45, 2.75) is 26.9 Å². The van der Waals surface area contributed by atoms with Gasteiger partial charge in [0.25, 0.3) is 0 Å². The molecule has 70 valence electrons. The summed E-state index contributed by atoms with van der Waals surface area (Å²) in [4.78, 5) is 23.2. The average Bonchev–Trinajstić information content (AvgIpc) is 1.79. The molecule has 0 aliphatic heterocycles. The lowest BCUT2D eigenvalue weighted by atomic mass is 10.5. The molecule has 0 saturated carbocycles. The van der Waals surface area contributed by atoms with Gasteiger partial charge in [-0.3, -0.25) is 14.5 Å². The number of hydrogen-bond donors (Lipinski definition) is 0. The maximum Gasteiger partial charge on any atom is 0.225 e. The summed E-state index contributed by atoms with van der Waals surface area (Å²) in [5, 5.41) is 0. The molecular formula is C7H14BrNO2Si. The zero-order chi connectivity index (χ0) is 9.94. The summed E-state index contributed by atoms with van der Waals surface area (Å²) in [5.41, 5.74) is 0. The number of amides is 2. The Bertz CT molecular complexity index is 186. The number of imide groups is 1. The molecule has 2 amide bonds. The van der Waals surface area contributed by atoms with E-state index in [9.17, 15) is 9.59 Å². The zero-order valence-corrected chi connectivity index (χ0v) is 10.4. The minimum absolute atomic E-state index is 0.178. The van der Waals surface area contributed by atoms with Crippen molar-refractivity contribution in [1.29, 1.82) is 0 Å². The first-order valence-corrected chi connectivity index (χ1v) is 9.18. The second-order valence-electron chi connectivity index (χ2n) is 3.34. The fourth-order valence-corrected chi connectivity index (χ4v) is 2.77. The van der Waals surface area contributed by atoms with Crippen LogP contribution in [0.25, 0.3) is 0 Å². The predicted molar refractivity (Wildman–Crippen MR) is 54.5 cm³/mol. The van der Waals surface area contributed by atoms with Crippen molar-refractivity contribution >= 4 is 33.8 Å². The Balaban J connectivity index is 4.35. The molecule has 0 unspecified atom stereocenters. The van der Waals surface area contributed by atoms with Crippen LogP contribution in [-0.2, 0) is 9.59 Å². The Kier molecular flexibility index (Phi) is 4.12. The molecule has 0 heterocycles. The second kappa shape index (κ2) is 4.18. The fourth-order valence-electron chi connectivity index (χ4n) is 0.820.